The first-order chi connectivity index (χ1) is 11.6. The van der Waals surface area contributed by atoms with E-state index in [2.05, 4.69) is 20.2 Å². The fourth-order valence-electron chi connectivity index (χ4n) is 2.45. The Morgan fingerprint density at radius 2 is 1.79 bits per heavy atom. The number of tetrazole rings is 1. The summed E-state index contributed by atoms with van der Waals surface area (Å²) >= 11 is 0. The first-order valence-corrected chi connectivity index (χ1v) is 9.08. The van der Waals surface area contributed by atoms with Gasteiger partial charge in [-0.2, -0.15) is 4.68 Å². The molecule has 7 nitrogen and oxygen atoms in total. The maximum Gasteiger partial charge on any atom is 0.233 e. The van der Waals surface area contributed by atoms with Crippen molar-refractivity contribution in [2.45, 2.75) is 12.8 Å². The van der Waals surface area contributed by atoms with Crippen LogP contribution < -0.4 is 4.72 Å². The van der Waals surface area contributed by atoms with Crippen LogP contribution in [0.3, 0.4) is 0 Å². The van der Waals surface area contributed by atoms with Crippen LogP contribution in [-0.4, -0.2) is 34.4 Å². The molecule has 2 aromatic carbocycles. The van der Waals surface area contributed by atoms with Crippen LogP contribution in [-0.2, 0) is 10.0 Å². The van der Waals surface area contributed by atoms with Crippen LogP contribution in [0, 0.1) is 0 Å². The van der Waals surface area contributed by atoms with Crippen molar-refractivity contribution in [3.05, 3.63) is 66.5 Å². The summed E-state index contributed by atoms with van der Waals surface area (Å²) < 4.78 is 29.1. The molecule has 0 fully saturated rings. The number of rotatable bonds is 6. The molecule has 0 aliphatic heterocycles. The summed E-state index contributed by atoms with van der Waals surface area (Å²) in [6.45, 7) is 1.89. The van der Waals surface area contributed by atoms with Gasteiger partial charge in [0.05, 0.1) is 17.1 Å². The maximum absolute atomic E-state index is 12.5. The van der Waals surface area contributed by atoms with Crippen LogP contribution in [0.5, 0.6) is 0 Å². The van der Waals surface area contributed by atoms with Crippen molar-refractivity contribution in [3.8, 4) is 5.69 Å². The smallest absolute Gasteiger partial charge is 0.233 e. The van der Waals surface area contributed by atoms with Crippen molar-refractivity contribution in [3.63, 3.8) is 0 Å². The molecule has 0 saturated carbocycles. The minimum Gasteiger partial charge on any atom is -0.281 e. The van der Waals surface area contributed by atoms with Gasteiger partial charge in [-0.05, 0) is 34.0 Å². The molecule has 24 heavy (non-hydrogen) atoms. The van der Waals surface area contributed by atoms with Gasteiger partial charge >= 0.3 is 0 Å². The highest BCUT2D eigenvalue weighted by molar-refractivity contribution is 7.92. The lowest BCUT2D eigenvalue weighted by Crippen LogP contribution is -2.21. The second-order valence-corrected chi connectivity index (χ2v) is 7.23. The second-order valence-electron chi connectivity index (χ2n) is 5.47. The molecular formula is C16H17N5O2S. The molecule has 0 amide bonds. The van der Waals surface area contributed by atoms with Crippen LogP contribution in [0.2, 0.25) is 0 Å². The van der Waals surface area contributed by atoms with Crippen LogP contribution in [0.4, 0.5) is 5.69 Å². The highest BCUT2D eigenvalue weighted by Gasteiger charge is 2.19. The van der Waals surface area contributed by atoms with E-state index < -0.39 is 10.0 Å². The molecule has 0 bridgehead atoms. The van der Waals surface area contributed by atoms with Crippen LogP contribution in [0.15, 0.2) is 60.9 Å². The largest absolute Gasteiger partial charge is 0.281 e. The summed E-state index contributed by atoms with van der Waals surface area (Å²) in [4.78, 5) is 0. The van der Waals surface area contributed by atoms with Gasteiger partial charge in [0.2, 0.25) is 10.0 Å². The standard InChI is InChI=1S/C16H17N5O2S/c1-13(14-7-3-2-4-8-14)11-24(22,23)18-15-9-5-6-10-16(15)21-12-17-19-20-21/h2-10,12-13,18H,11H2,1H3/t13-/m1/s1. The third kappa shape index (κ3) is 3.77. The van der Waals surface area contributed by atoms with E-state index in [-0.39, 0.29) is 11.7 Å². The summed E-state index contributed by atoms with van der Waals surface area (Å²) in [5, 5.41) is 11.0. The van der Waals surface area contributed by atoms with Crippen LogP contribution in [0.1, 0.15) is 18.4 Å². The van der Waals surface area contributed by atoms with E-state index in [9.17, 15) is 8.42 Å². The molecule has 0 saturated heterocycles. The molecule has 3 rings (SSSR count). The van der Waals surface area contributed by atoms with Gasteiger partial charge in [0.1, 0.15) is 6.33 Å². The number of aromatic nitrogens is 4. The normalized spacial score (nSPS) is 12.7. The number of benzene rings is 2. The highest BCUT2D eigenvalue weighted by Crippen LogP contribution is 2.22. The fourth-order valence-corrected chi connectivity index (χ4v) is 3.89. The Labute approximate surface area is 140 Å². The number of hydrogen-bond donors (Lipinski definition) is 1. The Morgan fingerprint density at radius 3 is 2.50 bits per heavy atom. The van der Waals surface area contributed by atoms with Gasteiger partial charge in [0.25, 0.3) is 0 Å². The molecule has 0 aliphatic carbocycles. The Kier molecular flexibility index (Phi) is 4.57. The van der Waals surface area contributed by atoms with Crippen molar-refractivity contribution < 1.29 is 8.42 Å². The number of anilines is 1. The minimum absolute atomic E-state index is 0.0129. The zero-order chi connectivity index (χ0) is 17.0. The zero-order valence-corrected chi connectivity index (χ0v) is 13.9. The van der Waals surface area contributed by atoms with Gasteiger partial charge in [-0.3, -0.25) is 4.72 Å². The van der Waals surface area contributed by atoms with Crippen molar-refractivity contribution in [2.24, 2.45) is 0 Å². The SMILES string of the molecule is C[C@H](CS(=O)(=O)Nc1ccccc1-n1cnnn1)c1ccccc1. The van der Waals surface area contributed by atoms with E-state index >= 15 is 0 Å². The Hall–Kier alpha value is -2.74. The zero-order valence-electron chi connectivity index (χ0n) is 13.1. The van der Waals surface area contributed by atoms with Crippen molar-refractivity contribution in [2.75, 3.05) is 10.5 Å². The second kappa shape index (κ2) is 6.79. The first-order valence-electron chi connectivity index (χ1n) is 7.43. The average Bonchev–Trinajstić information content (AvgIpc) is 3.09. The summed E-state index contributed by atoms with van der Waals surface area (Å²) in [7, 11) is -3.53. The topological polar surface area (TPSA) is 89.8 Å². The number of nitrogens with one attached hydrogen (secondary N) is 1. The highest BCUT2D eigenvalue weighted by atomic mass is 32.2. The summed E-state index contributed by atoms with van der Waals surface area (Å²) in [5.41, 5.74) is 1.99. The van der Waals surface area contributed by atoms with Gasteiger partial charge in [-0.25, -0.2) is 8.42 Å². The summed E-state index contributed by atoms with van der Waals surface area (Å²) in [5.74, 6) is -0.134. The van der Waals surface area contributed by atoms with Crippen LogP contribution >= 0.6 is 0 Å². The van der Waals surface area contributed by atoms with E-state index in [1.165, 1.54) is 11.0 Å². The van der Waals surface area contributed by atoms with E-state index in [1.807, 2.05) is 37.3 Å². The molecule has 3 aromatic rings. The van der Waals surface area contributed by atoms with E-state index in [1.54, 1.807) is 24.3 Å². The molecule has 0 aliphatic rings. The quantitative estimate of drug-likeness (QED) is 0.741. The number of nitrogens with zero attached hydrogens (tertiary/aromatic N) is 4. The van der Waals surface area contributed by atoms with E-state index in [0.717, 1.165) is 5.56 Å². The lowest BCUT2D eigenvalue weighted by molar-refractivity contribution is 0.595. The lowest BCUT2D eigenvalue weighted by atomic mass is 10.0. The predicted octanol–water partition coefficient (Wildman–Crippen LogP) is 2.21. The molecular weight excluding hydrogens is 326 g/mol. The third-order valence-corrected chi connectivity index (χ3v) is 5.07. The molecule has 1 N–H and O–H groups in total. The van der Waals surface area contributed by atoms with E-state index in [0.29, 0.717) is 11.4 Å². The van der Waals surface area contributed by atoms with Gasteiger partial charge in [-0.15, -0.1) is 5.10 Å². The Morgan fingerprint density at radius 1 is 1.08 bits per heavy atom. The minimum atomic E-state index is -3.53. The Bertz CT molecular complexity index is 895. The maximum atomic E-state index is 12.5. The number of sulfonamides is 1. The Balaban J connectivity index is 1.81. The van der Waals surface area contributed by atoms with Gasteiger partial charge in [0.15, 0.2) is 0 Å². The third-order valence-electron chi connectivity index (χ3n) is 3.60. The molecule has 0 unspecified atom stereocenters. The predicted molar refractivity (Wildman–Crippen MR) is 91.4 cm³/mol. The van der Waals surface area contributed by atoms with Crippen molar-refractivity contribution >= 4 is 15.7 Å². The van der Waals surface area contributed by atoms with Gasteiger partial charge < -0.3 is 0 Å². The molecule has 1 heterocycles. The molecule has 0 radical (unpaired) electrons. The van der Waals surface area contributed by atoms with Crippen molar-refractivity contribution in [1.29, 1.82) is 0 Å². The van der Waals surface area contributed by atoms with Gasteiger partial charge in [0, 0.05) is 0 Å². The van der Waals surface area contributed by atoms with Gasteiger partial charge in [-0.1, -0.05) is 49.4 Å². The molecule has 1 atom stereocenters. The average molecular weight is 343 g/mol. The van der Waals surface area contributed by atoms with Crippen LogP contribution in [0.25, 0.3) is 5.69 Å². The molecule has 1 aromatic heterocycles. The van der Waals surface area contributed by atoms with E-state index in [4.69, 9.17) is 0 Å². The van der Waals surface area contributed by atoms with Crippen molar-refractivity contribution in [1.82, 2.24) is 20.2 Å². The lowest BCUT2D eigenvalue weighted by Gasteiger charge is -2.15. The molecule has 124 valence electrons. The molecule has 0 spiro atoms. The summed E-state index contributed by atoms with van der Waals surface area (Å²) in [6, 6.07) is 16.5. The fraction of sp³-hybridized carbons (Fsp3) is 0.188. The number of hydrogen-bond acceptors (Lipinski definition) is 5. The monoisotopic (exact) mass is 343 g/mol. The number of para-hydroxylation sites is 2. The molecule has 8 heteroatoms. The first kappa shape index (κ1) is 16.1. The summed E-state index contributed by atoms with van der Waals surface area (Å²) in [6.07, 6.45) is 1.42.